The van der Waals surface area contributed by atoms with E-state index in [4.69, 9.17) is 9.84 Å². The Labute approximate surface area is 358 Å². The van der Waals surface area contributed by atoms with Gasteiger partial charge < -0.3 is 29.8 Å². The minimum atomic E-state index is -0.686. The molecule has 1 aliphatic rings. The molecule has 1 radical (unpaired) electrons. The number of aliphatic hydroxyl groups excluding tert-OH is 1. The van der Waals surface area contributed by atoms with Crippen LogP contribution in [0.3, 0.4) is 0 Å². The maximum atomic E-state index is 13.8. The number of hydrogen-bond donors (Lipinski definition) is 3. The number of likely N-dealkylation sites (tertiary alicyclic amines) is 1. The molecule has 6 atom stereocenters. The third-order valence-corrected chi connectivity index (χ3v) is 10.7. The van der Waals surface area contributed by atoms with Gasteiger partial charge in [-0.25, -0.2) is 0 Å². The predicted octanol–water partition coefficient (Wildman–Crippen LogP) is 3.73. The Morgan fingerprint density at radius 3 is 2.16 bits per heavy atom. The Hall–Kier alpha value is -3.20. The Morgan fingerprint density at radius 1 is 1.07 bits per heavy atom. The van der Waals surface area contributed by atoms with Crippen LogP contribution in [0, 0.1) is 24.7 Å². The van der Waals surface area contributed by atoms with E-state index in [-0.39, 0.29) is 60.0 Å². The number of amides is 3. The monoisotopic (exact) mass is 882 g/mol. The molecule has 15 heteroatoms. The SMILES string of the molecule is CCCC(C(CC(=O)N1CCCC1CC(C)C=O)OC)N(C)C(=O)C(NC(=O)C(C(C)C)N(C)C)C(C)C.CNCCn1cc(C[Se])nn1.CO.Cc1ccccc1. The fraction of sp³-hybridized carbons (Fsp3) is 0.721. The predicted molar refractivity (Wildman–Crippen MR) is 233 cm³/mol. The van der Waals surface area contributed by atoms with E-state index in [1.807, 2.05) is 102 Å². The first-order chi connectivity index (χ1) is 27.6. The summed E-state index contributed by atoms with van der Waals surface area (Å²) in [5.41, 5.74) is 2.32. The van der Waals surface area contributed by atoms with Crippen molar-refractivity contribution in [3.63, 3.8) is 0 Å². The zero-order chi connectivity index (χ0) is 44.4. The third kappa shape index (κ3) is 19.7. The minimum Gasteiger partial charge on any atom is -0.400 e. The number of ether oxygens (including phenoxy) is 1. The van der Waals surface area contributed by atoms with Gasteiger partial charge in [-0.05, 0) is 58.5 Å². The summed E-state index contributed by atoms with van der Waals surface area (Å²) in [4.78, 5) is 56.9. The number of methoxy groups -OCH3 is 1. The largest absolute Gasteiger partial charge is 0.400 e. The maximum Gasteiger partial charge on any atom is 0.0319 e. The molecular weight excluding hydrogens is 803 g/mol. The summed E-state index contributed by atoms with van der Waals surface area (Å²) >= 11 is 2.90. The van der Waals surface area contributed by atoms with Gasteiger partial charge in [-0.3, -0.25) is 19.3 Å². The number of aldehydes is 1. The summed E-state index contributed by atoms with van der Waals surface area (Å²) < 4.78 is 7.67. The quantitative estimate of drug-likeness (QED) is 0.132. The van der Waals surface area contributed by atoms with Crippen LogP contribution in [-0.2, 0) is 35.8 Å². The number of likely N-dealkylation sites (N-methyl/N-ethyl adjacent to an activating group) is 3. The molecule has 3 amide bonds. The van der Waals surface area contributed by atoms with Gasteiger partial charge in [0.05, 0.1) is 24.6 Å². The van der Waals surface area contributed by atoms with E-state index in [0.717, 1.165) is 56.8 Å². The summed E-state index contributed by atoms with van der Waals surface area (Å²) in [5, 5.41) is 21.8. The Balaban J connectivity index is 0.00000130. The number of aryl methyl sites for hydroxylation is 1. The van der Waals surface area contributed by atoms with Crippen LogP contribution in [-0.4, -0.2) is 161 Å². The molecule has 3 N–H and O–H groups in total. The number of carbonyl (C=O) groups excluding carboxylic acids is 4. The molecule has 1 aliphatic heterocycles. The molecule has 6 unspecified atom stereocenters. The van der Waals surface area contributed by atoms with Gasteiger partial charge in [0.25, 0.3) is 0 Å². The molecule has 0 aliphatic carbocycles. The van der Waals surface area contributed by atoms with Crippen molar-refractivity contribution in [2.45, 2.75) is 129 Å². The van der Waals surface area contributed by atoms with Gasteiger partial charge in [-0.1, -0.05) is 83.9 Å². The van der Waals surface area contributed by atoms with Crippen molar-refractivity contribution >= 4 is 40.0 Å². The van der Waals surface area contributed by atoms with E-state index in [0.29, 0.717) is 19.4 Å². The maximum absolute atomic E-state index is 13.8. The number of carbonyl (C=O) groups is 4. The second-order valence-electron chi connectivity index (χ2n) is 15.8. The Bertz CT molecular complexity index is 1400. The van der Waals surface area contributed by atoms with Gasteiger partial charge in [-0.15, -0.1) is 0 Å². The van der Waals surface area contributed by atoms with Gasteiger partial charge in [0.1, 0.15) is 12.3 Å². The molecule has 3 rings (SSSR count). The van der Waals surface area contributed by atoms with Gasteiger partial charge in [-0.2, -0.15) is 0 Å². The van der Waals surface area contributed by atoms with Crippen LogP contribution in [0.5, 0.6) is 0 Å². The summed E-state index contributed by atoms with van der Waals surface area (Å²) in [6.45, 7) is 16.3. The molecule has 14 nitrogen and oxygen atoms in total. The molecule has 1 saturated heterocycles. The first-order valence-corrected chi connectivity index (χ1v) is 21.9. The number of nitrogens with one attached hydrogen (secondary N) is 2. The van der Waals surface area contributed by atoms with Crippen LogP contribution in [0.15, 0.2) is 36.5 Å². The van der Waals surface area contributed by atoms with E-state index in [1.165, 1.54) is 5.56 Å². The van der Waals surface area contributed by atoms with E-state index < -0.39 is 12.1 Å². The van der Waals surface area contributed by atoms with Crippen molar-refractivity contribution in [3.05, 3.63) is 47.8 Å². The Kier molecular flexibility index (Phi) is 29.1. The molecule has 331 valence electrons. The second kappa shape index (κ2) is 30.8. The van der Waals surface area contributed by atoms with Crippen molar-refractivity contribution in [3.8, 4) is 0 Å². The number of rotatable bonds is 20. The van der Waals surface area contributed by atoms with E-state index in [9.17, 15) is 19.2 Å². The molecule has 1 fully saturated rings. The first kappa shape index (κ1) is 54.8. The summed E-state index contributed by atoms with van der Waals surface area (Å²) in [5.74, 6) is -0.458. The van der Waals surface area contributed by atoms with Crippen molar-refractivity contribution in [2.75, 3.05) is 55.5 Å². The average Bonchev–Trinajstić information content (AvgIpc) is 3.87. The summed E-state index contributed by atoms with van der Waals surface area (Å²) in [6.07, 6.45) is 6.57. The average molecular weight is 881 g/mol. The van der Waals surface area contributed by atoms with Crippen molar-refractivity contribution < 1.29 is 29.0 Å². The molecule has 58 heavy (non-hydrogen) atoms. The van der Waals surface area contributed by atoms with Gasteiger partial charge >= 0.3 is 73.7 Å². The third-order valence-electron chi connectivity index (χ3n) is 10.1. The standard InChI is InChI=1S/C29H54N4O5.C7H8.C6H11N4Se.CH4O/c1-11-13-23(24(38-10)17-25(35)33-15-12-14-22(33)16-21(6)18-34)32(9)29(37)26(19(2)3)30-28(36)27(20(4)5)31(7)8;1-7-5-3-2-4-6-7;1-7-2-3-10-4-6(5-11)8-9-10;1-2/h18-24,26-27H,11-17H2,1-10H3,(H,30,36);2-6H,1H3;4,7H,2-3,5H2,1H3;2H,1H3. The number of aliphatic hydroxyl groups is 1. The smallest absolute Gasteiger partial charge is 0.0319 e. The van der Waals surface area contributed by atoms with Crippen LogP contribution < -0.4 is 10.6 Å². The summed E-state index contributed by atoms with van der Waals surface area (Å²) in [7, 11) is 9.98. The van der Waals surface area contributed by atoms with Crippen LogP contribution in [0.2, 0.25) is 0 Å². The Morgan fingerprint density at radius 2 is 1.71 bits per heavy atom. The van der Waals surface area contributed by atoms with Crippen LogP contribution in [0.25, 0.3) is 0 Å². The van der Waals surface area contributed by atoms with Crippen molar-refractivity contribution in [2.24, 2.45) is 17.8 Å². The summed E-state index contributed by atoms with van der Waals surface area (Å²) in [6, 6.07) is 8.98. The molecule has 2 aromatic rings. The number of nitrogens with zero attached hydrogens (tertiary/aromatic N) is 6. The fourth-order valence-electron chi connectivity index (χ4n) is 7.03. The number of hydrogen-bond acceptors (Lipinski definition) is 10. The number of benzene rings is 1. The van der Waals surface area contributed by atoms with Crippen LogP contribution >= 0.6 is 0 Å². The minimum absolute atomic E-state index is 0.00104. The molecule has 1 aromatic carbocycles. The fourth-order valence-corrected chi connectivity index (χ4v) is 7.31. The van der Waals surface area contributed by atoms with Gasteiger partial charge in [0, 0.05) is 39.8 Å². The zero-order valence-electron chi connectivity index (χ0n) is 37.8. The van der Waals surface area contributed by atoms with Crippen LogP contribution in [0.1, 0.15) is 91.3 Å². The van der Waals surface area contributed by atoms with Crippen molar-refractivity contribution in [1.29, 1.82) is 0 Å². The van der Waals surface area contributed by atoms with E-state index in [1.54, 1.807) is 19.1 Å². The second-order valence-corrected chi connectivity index (χ2v) is 16.4. The molecule has 0 bridgehead atoms. The first-order valence-electron chi connectivity index (χ1n) is 20.7. The molecule has 1 aromatic heterocycles. The molecule has 2 heterocycles. The number of aromatic nitrogens is 3. The van der Waals surface area contributed by atoms with Crippen molar-refractivity contribution in [1.82, 2.24) is 40.3 Å². The van der Waals surface area contributed by atoms with Gasteiger partial charge in [0.2, 0.25) is 17.7 Å². The zero-order valence-corrected chi connectivity index (χ0v) is 39.5. The molecule has 0 spiro atoms. The topological polar surface area (TPSA) is 162 Å². The normalized spacial score (nSPS) is 16.1. The van der Waals surface area contributed by atoms with E-state index in [2.05, 4.69) is 56.0 Å². The molecule has 0 saturated carbocycles. The van der Waals surface area contributed by atoms with Gasteiger partial charge in [0.15, 0.2) is 0 Å². The van der Waals surface area contributed by atoms with E-state index >= 15 is 0 Å². The molecular formula is C43H77N8O6Se. The van der Waals surface area contributed by atoms with Crippen LogP contribution in [0.4, 0.5) is 0 Å².